The molecule has 0 aliphatic carbocycles. The van der Waals surface area contributed by atoms with Crippen molar-refractivity contribution in [1.82, 2.24) is 0 Å². The lowest BCUT2D eigenvalue weighted by Gasteiger charge is -2.40. The van der Waals surface area contributed by atoms with Crippen LogP contribution in [0, 0.1) is 13.8 Å². The molecule has 1 fully saturated rings. The van der Waals surface area contributed by atoms with Gasteiger partial charge in [0.05, 0.1) is 29.3 Å². The van der Waals surface area contributed by atoms with E-state index < -0.39 is 28.8 Å². The quantitative estimate of drug-likeness (QED) is 0.546. The third-order valence-corrected chi connectivity index (χ3v) is 6.80. The van der Waals surface area contributed by atoms with Gasteiger partial charge in [0, 0.05) is 5.56 Å². The van der Waals surface area contributed by atoms with Gasteiger partial charge in [0.2, 0.25) is 0 Å². The van der Waals surface area contributed by atoms with Crippen molar-refractivity contribution in [3.63, 3.8) is 0 Å². The Kier molecular flexibility index (Phi) is 6.13. The Balaban J connectivity index is 1.94. The number of hydrogen-bond donors (Lipinski definition) is 5. The number of aliphatic hydroxyl groups excluding tert-OH is 4. The zero-order valence-electron chi connectivity index (χ0n) is 15.4. The lowest BCUT2D eigenvalue weighted by molar-refractivity contribution is -0.0701. The van der Waals surface area contributed by atoms with Gasteiger partial charge in [-0.05, 0) is 43.0 Å². The van der Waals surface area contributed by atoms with Crippen molar-refractivity contribution >= 4 is 11.8 Å². The highest BCUT2D eigenvalue weighted by molar-refractivity contribution is 8.00. The molecular weight excluding hydrogens is 364 g/mol. The SMILES string of the molecule is Cc1ccc(Cc2cc([C@@H]3SC(CO)[C@@H](O)[C@H](O)[C@H]3O)c(O)cc2C)cc1. The van der Waals surface area contributed by atoms with Crippen molar-refractivity contribution in [2.45, 2.75) is 49.1 Å². The van der Waals surface area contributed by atoms with Gasteiger partial charge in [-0.2, -0.15) is 0 Å². The van der Waals surface area contributed by atoms with Crippen LogP contribution < -0.4 is 0 Å². The molecule has 2 aromatic rings. The summed E-state index contributed by atoms with van der Waals surface area (Å²) in [6.07, 6.45) is -3.16. The van der Waals surface area contributed by atoms with Crippen LogP contribution in [0.25, 0.3) is 0 Å². The average molecular weight is 391 g/mol. The van der Waals surface area contributed by atoms with Gasteiger partial charge in [-0.1, -0.05) is 35.9 Å². The van der Waals surface area contributed by atoms with Crippen LogP contribution >= 0.6 is 11.8 Å². The number of aliphatic hydroxyl groups is 4. The summed E-state index contributed by atoms with van der Waals surface area (Å²) in [5.74, 6) is 0.0389. The summed E-state index contributed by atoms with van der Waals surface area (Å²) < 4.78 is 0. The molecule has 27 heavy (non-hydrogen) atoms. The third-order valence-electron chi connectivity index (χ3n) is 5.20. The predicted octanol–water partition coefficient (Wildman–Crippen LogP) is 1.83. The van der Waals surface area contributed by atoms with Gasteiger partial charge in [-0.25, -0.2) is 0 Å². The van der Waals surface area contributed by atoms with Crippen molar-refractivity contribution in [1.29, 1.82) is 0 Å². The molecule has 5 atom stereocenters. The molecule has 5 N–H and O–H groups in total. The standard InChI is InChI=1S/C21H26O5S/c1-11-3-5-13(6-4-11)8-14-9-15(16(23)7-12(14)2)21-20(26)19(25)18(24)17(10-22)27-21/h3-7,9,17-26H,8,10H2,1-2H3/t17?,18-,19+,20-,21+/m1/s1. The van der Waals surface area contributed by atoms with Crippen LogP contribution in [0.15, 0.2) is 36.4 Å². The summed E-state index contributed by atoms with van der Waals surface area (Å²) in [6, 6.07) is 11.7. The van der Waals surface area contributed by atoms with Crippen molar-refractivity contribution in [2.24, 2.45) is 0 Å². The van der Waals surface area contributed by atoms with Gasteiger partial charge in [0.25, 0.3) is 0 Å². The largest absolute Gasteiger partial charge is 0.508 e. The van der Waals surface area contributed by atoms with E-state index in [0.717, 1.165) is 16.7 Å². The number of rotatable bonds is 4. The summed E-state index contributed by atoms with van der Waals surface area (Å²) >= 11 is 1.17. The van der Waals surface area contributed by atoms with Crippen molar-refractivity contribution < 1.29 is 25.5 Å². The highest BCUT2D eigenvalue weighted by Gasteiger charge is 2.44. The first-order chi connectivity index (χ1) is 12.8. The first-order valence-corrected chi connectivity index (χ1v) is 9.94. The van der Waals surface area contributed by atoms with Crippen molar-refractivity contribution in [3.8, 4) is 5.75 Å². The van der Waals surface area contributed by atoms with E-state index in [4.69, 9.17) is 0 Å². The van der Waals surface area contributed by atoms with E-state index in [-0.39, 0.29) is 12.4 Å². The minimum Gasteiger partial charge on any atom is -0.508 e. The van der Waals surface area contributed by atoms with Crippen LogP contribution in [0.2, 0.25) is 0 Å². The minimum absolute atomic E-state index is 0.0389. The van der Waals surface area contributed by atoms with Crippen LogP contribution in [0.1, 0.15) is 33.1 Å². The van der Waals surface area contributed by atoms with Crippen LogP contribution in [0.3, 0.4) is 0 Å². The molecule has 0 spiro atoms. The van der Waals surface area contributed by atoms with Crippen LogP contribution in [-0.4, -0.2) is 55.7 Å². The van der Waals surface area contributed by atoms with E-state index >= 15 is 0 Å². The molecule has 0 radical (unpaired) electrons. The topological polar surface area (TPSA) is 101 Å². The maximum absolute atomic E-state index is 10.5. The Hall–Kier alpha value is -1.57. The van der Waals surface area contributed by atoms with Gasteiger partial charge in [-0.3, -0.25) is 0 Å². The molecule has 0 aromatic heterocycles. The summed E-state index contributed by atoms with van der Waals surface area (Å²) in [7, 11) is 0. The summed E-state index contributed by atoms with van der Waals surface area (Å²) in [5, 5.41) is 49.3. The van der Waals surface area contributed by atoms with E-state index in [1.165, 1.54) is 17.3 Å². The maximum Gasteiger partial charge on any atom is 0.120 e. The van der Waals surface area contributed by atoms with Crippen LogP contribution in [-0.2, 0) is 6.42 Å². The Bertz CT molecular complexity index is 790. The van der Waals surface area contributed by atoms with Gasteiger partial charge in [0.1, 0.15) is 11.9 Å². The van der Waals surface area contributed by atoms with E-state index in [1.807, 2.05) is 19.9 Å². The van der Waals surface area contributed by atoms with E-state index in [9.17, 15) is 25.5 Å². The monoisotopic (exact) mass is 390 g/mol. The second kappa shape index (κ2) is 8.20. The molecule has 0 amide bonds. The molecule has 1 aliphatic heterocycles. The number of benzene rings is 2. The highest BCUT2D eigenvalue weighted by Crippen LogP contribution is 2.46. The zero-order valence-corrected chi connectivity index (χ0v) is 16.2. The second-order valence-corrected chi connectivity index (χ2v) is 8.63. The summed E-state index contributed by atoms with van der Waals surface area (Å²) in [4.78, 5) is 0. The molecule has 6 heteroatoms. The fourth-order valence-electron chi connectivity index (χ4n) is 3.46. The van der Waals surface area contributed by atoms with Gasteiger partial charge in [-0.15, -0.1) is 11.8 Å². The first kappa shape index (κ1) is 20.2. The molecule has 1 heterocycles. The molecular formula is C21H26O5S. The molecule has 0 bridgehead atoms. The second-order valence-electron chi connectivity index (χ2n) is 7.25. The summed E-state index contributed by atoms with van der Waals surface area (Å²) in [5.41, 5.74) is 4.78. The Morgan fingerprint density at radius 1 is 0.926 bits per heavy atom. The highest BCUT2D eigenvalue weighted by atomic mass is 32.2. The van der Waals surface area contributed by atoms with Crippen molar-refractivity contribution in [2.75, 3.05) is 6.61 Å². The van der Waals surface area contributed by atoms with E-state index in [2.05, 4.69) is 24.3 Å². The van der Waals surface area contributed by atoms with Crippen molar-refractivity contribution in [3.05, 3.63) is 64.2 Å². The molecule has 5 nitrogen and oxygen atoms in total. The molecule has 1 unspecified atom stereocenters. The van der Waals surface area contributed by atoms with Gasteiger partial charge in [0.15, 0.2) is 0 Å². The Morgan fingerprint density at radius 3 is 2.22 bits per heavy atom. The lowest BCUT2D eigenvalue weighted by Crippen LogP contribution is -2.51. The van der Waals surface area contributed by atoms with E-state index in [0.29, 0.717) is 12.0 Å². The Labute approximate surface area is 163 Å². The fourth-order valence-corrected chi connectivity index (χ4v) is 4.90. The lowest BCUT2D eigenvalue weighted by atomic mass is 9.92. The number of phenolic OH excluding ortho intramolecular Hbond substituents is 1. The molecule has 1 aliphatic rings. The summed E-state index contributed by atoms with van der Waals surface area (Å²) in [6.45, 7) is 3.63. The number of phenols is 1. The molecule has 146 valence electrons. The maximum atomic E-state index is 10.5. The Morgan fingerprint density at radius 2 is 1.59 bits per heavy atom. The predicted molar refractivity (Wildman–Crippen MR) is 106 cm³/mol. The average Bonchev–Trinajstić information content (AvgIpc) is 2.64. The number of aryl methyl sites for hydroxylation is 2. The fraction of sp³-hybridized carbons (Fsp3) is 0.429. The van der Waals surface area contributed by atoms with Gasteiger partial charge >= 0.3 is 0 Å². The zero-order chi connectivity index (χ0) is 19.7. The normalized spacial score (nSPS) is 28.3. The minimum atomic E-state index is -1.38. The number of aromatic hydroxyl groups is 1. The number of thioether (sulfide) groups is 1. The smallest absolute Gasteiger partial charge is 0.120 e. The van der Waals surface area contributed by atoms with Gasteiger partial charge < -0.3 is 25.5 Å². The first-order valence-electron chi connectivity index (χ1n) is 9.00. The van der Waals surface area contributed by atoms with Crippen LogP contribution in [0.4, 0.5) is 0 Å². The van der Waals surface area contributed by atoms with E-state index in [1.54, 1.807) is 6.07 Å². The third kappa shape index (κ3) is 4.15. The number of hydrogen-bond acceptors (Lipinski definition) is 6. The molecule has 3 rings (SSSR count). The molecule has 0 saturated carbocycles. The van der Waals surface area contributed by atoms with Crippen LogP contribution in [0.5, 0.6) is 5.75 Å². The molecule has 1 saturated heterocycles. The molecule has 2 aromatic carbocycles.